The van der Waals surface area contributed by atoms with E-state index in [0.29, 0.717) is 11.4 Å². The van der Waals surface area contributed by atoms with Crippen LogP contribution in [0.3, 0.4) is 0 Å². The van der Waals surface area contributed by atoms with Crippen molar-refractivity contribution in [2.75, 3.05) is 5.01 Å². The fourth-order valence-electron chi connectivity index (χ4n) is 2.71. The minimum Gasteiger partial charge on any atom is -0.315 e. The van der Waals surface area contributed by atoms with E-state index in [0.717, 1.165) is 0 Å². The summed E-state index contributed by atoms with van der Waals surface area (Å²) in [6.45, 7) is 1.93. The standard InChI is InChI=1S/C18H17N3O3/c1-13-17(15(22)10-12-20-11-6-5-9-16(20)23)18(24)21(19-13)14-7-3-2-4-8-14/h2-9,11,17H,10,12H2,1H3. The minimum atomic E-state index is -0.871. The summed E-state index contributed by atoms with van der Waals surface area (Å²) in [5.74, 6) is -1.44. The lowest BCUT2D eigenvalue weighted by atomic mass is 9.97. The van der Waals surface area contributed by atoms with Gasteiger partial charge in [-0.05, 0) is 25.1 Å². The normalized spacial score (nSPS) is 17.0. The molecule has 0 spiro atoms. The van der Waals surface area contributed by atoms with E-state index in [-0.39, 0.29) is 30.2 Å². The summed E-state index contributed by atoms with van der Waals surface area (Å²) in [6, 6.07) is 13.8. The molecule has 6 nitrogen and oxygen atoms in total. The second-order valence-corrected chi connectivity index (χ2v) is 5.61. The molecule has 1 atom stereocenters. The van der Waals surface area contributed by atoms with Crippen LogP contribution in [-0.2, 0) is 16.1 Å². The molecule has 1 aromatic heterocycles. The molecule has 0 saturated heterocycles. The van der Waals surface area contributed by atoms with E-state index < -0.39 is 5.92 Å². The van der Waals surface area contributed by atoms with Gasteiger partial charge in [-0.3, -0.25) is 14.4 Å². The maximum atomic E-state index is 12.6. The van der Waals surface area contributed by atoms with Crippen molar-refractivity contribution in [1.29, 1.82) is 0 Å². The molecule has 3 rings (SSSR count). The summed E-state index contributed by atoms with van der Waals surface area (Å²) in [4.78, 5) is 36.7. The number of aromatic nitrogens is 1. The van der Waals surface area contributed by atoms with Gasteiger partial charge in [-0.25, -0.2) is 0 Å². The van der Waals surface area contributed by atoms with Crippen molar-refractivity contribution in [2.45, 2.75) is 19.9 Å². The molecule has 1 aromatic carbocycles. The van der Waals surface area contributed by atoms with Gasteiger partial charge < -0.3 is 4.57 Å². The Morgan fingerprint density at radius 2 is 1.79 bits per heavy atom. The van der Waals surface area contributed by atoms with Crippen molar-refractivity contribution >= 4 is 23.1 Å². The van der Waals surface area contributed by atoms with Gasteiger partial charge in [0.15, 0.2) is 5.78 Å². The van der Waals surface area contributed by atoms with Crippen LogP contribution in [0.2, 0.25) is 0 Å². The zero-order valence-electron chi connectivity index (χ0n) is 13.3. The second kappa shape index (κ2) is 6.62. The van der Waals surface area contributed by atoms with Gasteiger partial charge in [0.2, 0.25) is 0 Å². The zero-order valence-corrected chi connectivity index (χ0v) is 13.3. The highest BCUT2D eigenvalue weighted by molar-refractivity contribution is 6.26. The summed E-state index contributed by atoms with van der Waals surface area (Å²) in [5, 5.41) is 5.50. The highest BCUT2D eigenvalue weighted by atomic mass is 16.2. The molecular formula is C18H17N3O3. The predicted molar refractivity (Wildman–Crippen MR) is 90.9 cm³/mol. The molecule has 0 bridgehead atoms. The highest BCUT2D eigenvalue weighted by Crippen LogP contribution is 2.24. The quantitative estimate of drug-likeness (QED) is 0.788. The van der Waals surface area contributed by atoms with E-state index in [9.17, 15) is 14.4 Å². The number of hydrogen-bond acceptors (Lipinski definition) is 4. The first-order valence-electron chi connectivity index (χ1n) is 7.70. The van der Waals surface area contributed by atoms with Crippen molar-refractivity contribution < 1.29 is 9.59 Å². The average molecular weight is 323 g/mol. The largest absolute Gasteiger partial charge is 0.315 e. The lowest BCUT2D eigenvalue weighted by Crippen LogP contribution is -2.33. The summed E-state index contributed by atoms with van der Waals surface area (Å²) in [6.07, 6.45) is 1.74. The first kappa shape index (κ1) is 15.9. The molecule has 1 amide bonds. The minimum absolute atomic E-state index is 0.107. The number of hydrogen-bond donors (Lipinski definition) is 0. The highest BCUT2D eigenvalue weighted by Gasteiger charge is 2.38. The molecule has 0 saturated carbocycles. The monoisotopic (exact) mass is 323 g/mol. The predicted octanol–water partition coefficient (Wildman–Crippen LogP) is 1.85. The van der Waals surface area contributed by atoms with Crippen LogP contribution in [0.5, 0.6) is 0 Å². The Morgan fingerprint density at radius 1 is 1.08 bits per heavy atom. The average Bonchev–Trinajstić information content (AvgIpc) is 2.89. The van der Waals surface area contributed by atoms with Crippen LogP contribution in [0.15, 0.2) is 64.6 Å². The number of pyridine rings is 1. The second-order valence-electron chi connectivity index (χ2n) is 5.61. The van der Waals surface area contributed by atoms with Crippen molar-refractivity contribution in [2.24, 2.45) is 11.0 Å². The number of rotatable bonds is 5. The third-order valence-electron chi connectivity index (χ3n) is 3.95. The number of anilines is 1. The maximum absolute atomic E-state index is 12.6. The Labute approximate surface area is 139 Å². The Bertz CT molecular complexity index is 855. The first-order valence-corrected chi connectivity index (χ1v) is 7.70. The van der Waals surface area contributed by atoms with Crippen molar-refractivity contribution in [1.82, 2.24) is 4.57 Å². The summed E-state index contributed by atoms with van der Waals surface area (Å²) in [7, 11) is 0. The van der Waals surface area contributed by atoms with E-state index in [1.54, 1.807) is 37.4 Å². The Hall–Kier alpha value is -3.02. The van der Waals surface area contributed by atoms with E-state index >= 15 is 0 Å². The van der Waals surface area contributed by atoms with E-state index in [1.807, 2.05) is 18.2 Å². The van der Waals surface area contributed by atoms with Crippen LogP contribution in [0.1, 0.15) is 13.3 Å². The molecule has 0 radical (unpaired) electrons. The number of benzene rings is 1. The van der Waals surface area contributed by atoms with Gasteiger partial charge >= 0.3 is 0 Å². The van der Waals surface area contributed by atoms with Crippen LogP contribution < -0.4 is 10.6 Å². The molecule has 2 heterocycles. The van der Waals surface area contributed by atoms with Gasteiger partial charge in [0.25, 0.3) is 11.5 Å². The number of para-hydroxylation sites is 1. The van der Waals surface area contributed by atoms with Crippen LogP contribution in [-0.4, -0.2) is 22.0 Å². The van der Waals surface area contributed by atoms with Crippen LogP contribution in [0.25, 0.3) is 0 Å². The van der Waals surface area contributed by atoms with Crippen molar-refractivity contribution in [3.8, 4) is 0 Å². The van der Waals surface area contributed by atoms with E-state index in [4.69, 9.17) is 0 Å². The zero-order chi connectivity index (χ0) is 17.1. The fraction of sp³-hybridized carbons (Fsp3) is 0.222. The summed E-state index contributed by atoms with van der Waals surface area (Å²) in [5.41, 5.74) is 0.949. The molecular weight excluding hydrogens is 306 g/mol. The first-order chi connectivity index (χ1) is 11.6. The number of nitrogens with zero attached hydrogens (tertiary/aromatic N) is 3. The molecule has 0 fully saturated rings. The topological polar surface area (TPSA) is 71.7 Å². The molecule has 1 aliphatic heterocycles. The molecule has 6 heteroatoms. The summed E-state index contributed by atoms with van der Waals surface area (Å²) >= 11 is 0. The number of Topliss-reactive ketones (excluding diaryl/α,β-unsaturated/α-hetero) is 1. The summed E-state index contributed by atoms with van der Waals surface area (Å²) < 4.78 is 1.46. The van der Waals surface area contributed by atoms with E-state index in [1.165, 1.54) is 15.6 Å². The number of amides is 1. The number of carbonyl (C=O) groups is 2. The number of aryl methyl sites for hydroxylation is 1. The van der Waals surface area contributed by atoms with Gasteiger partial charge in [0.05, 0.1) is 11.4 Å². The Kier molecular flexibility index (Phi) is 4.37. The van der Waals surface area contributed by atoms with Crippen LogP contribution in [0.4, 0.5) is 5.69 Å². The van der Waals surface area contributed by atoms with Crippen molar-refractivity contribution in [3.63, 3.8) is 0 Å². The molecule has 2 aromatic rings. The lowest BCUT2D eigenvalue weighted by molar-refractivity contribution is -0.129. The van der Waals surface area contributed by atoms with Gasteiger partial charge in [-0.2, -0.15) is 10.1 Å². The molecule has 1 aliphatic rings. The van der Waals surface area contributed by atoms with Gasteiger partial charge in [0.1, 0.15) is 5.92 Å². The van der Waals surface area contributed by atoms with Crippen LogP contribution in [0, 0.1) is 5.92 Å². The smallest absolute Gasteiger partial charge is 0.263 e. The number of hydrazone groups is 1. The fourth-order valence-corrected chi connectivity index (χ4v) is 2.71. The van der Waals surface area contributed by atoms with Gasteiger partial charge in [-0.1, -0.05) is 24.3 Å². The van der Waals surface area contributed by atoms with Gasteiger partial charge in [-0.15, -0.1) is 0 Å². The third kappa shape index (κ3) is 3.03. The molecule has 0 N–H and O–H groups in total. The molecule has 0 aliphatic carbocycles. The Balaban J connectivity index is 1.72. The molecule has 122 valence electrons. The lowest BCUT2D eigenvalue weighted by Gasteiger charge is -2.14. The SMILES string of the molecule is CC1=NN(c2ccccc2)C(=O)C1C(=O)CCn1ccccc1=O. The maximum Gasteiger partial charge on any atom is 0.263 e. The number of ketones is 1. The molecule has 24 heavy (non-hydrogen) atoms. The van der Waals surface area contributed by atoms with Gasteiger partial charge in [0, 0.05) is 25.2 Å². The van der Waals surface area contributed by atoms with E-state index in [2.05, 4.69) is 5.10 Å². The third-order valence-corrected chi connectivity index (χ3v) is 3.95. The van der Waals surface area contributed by atoms with Crippen molar-refractivity contribution in [3.05, 3.63) is 65.1 Å². The molecule has 1 unspecified atom stereocenters. The van der Waals surface area contributed by atoms with Crippen LogP contribution >= 0.6 is 0 Å². The Morgan fingerprint density at radius 3 is 2.50 bits per heavy atom. The number of carbonyl (C=O) groups excluding carboxylic acids is 2.